The molecule has 0 aliphatic rings. The molecule has 0 heterocycles. The van der Waals surface area contributed by atoms with Crippen molar-refractivity contribution in [2.45, 2.75) is 43.1 Å². The van der Waals surface area contributed by atoms with Crippen LogP contribution in [0.4, 0.5) is 5.69 Å². The Kier molecular flexibility index (Phi) is 6.77. The minimum atomic E-state index is -0.545. The van der Waals surface area contributed by atoms with Crippen molar-refractivity contribution >= 4 is 23.4 Å². The molecule has 1 atom stereocenters. The number of hydrogen-bond acceptors (Lipinski definition) is 3. The van der Waals surface area contributed by atoms with Gasteiger partial charge in [0.15, 0.2) is 6.10 Å². The quantitative estimate of drug-likeness (QED) is 0.517. The van der Waals surface area contributed by atoms with Gasteiger partial charge in [-0.3, -0.25) is 4.79 Å². The number of nitrogens with one attached hydrogen (secondary N) is 1. The third-order valence-corrected chi connectivity index (χ3v) is 5.62. The zero-order chi connectivity index (χ0) is 19.9. The Morgan fingerprint density at radius 1 is 0.964 bits per heavy atom. The van der Waals surface area contributed by atoms with Gasteiger partial charge < -0.3 is 10.1 Å². The summed E-state index contributed by atoms with van der Waals surface area (Å²) >= 11 is 1.63. The van der Waals surface area contributed by atoms with Crippen molar-refractivity contribution < 1.29 is 9.53 Å². The zero-order valence-corrected chi connectivity index (χ0v) is 17.3. The van der Waals surface area contributed by atoms with E-state index < -0.39 is 6.10 Å². The van der Waals surface area contributed by atoms with Gasteiger partial charge in [0.25, 0.3) is 5.91 Å². The van der Waals surface area contributed by atoms with Crippen molar-refractivity contribution in [3.63, 3.8) is 0 Å². The number of carbonyl (C=O) groups is 1. The van der Waals surface area contributed by atoms with Crippen LogP contribution in [0.1, 0.15) is 24.5 Å². The maximum absolute atomic E-state index is 12.9. The number of aryl methyl sites for hydroxylation is 2. The van der Waals surface area contributed by atoms with Crippen LogP contribution in [0.3, 0.4) is 0 Å². The lowest BCUT2D eigenvalue weighted by molar-refractivity contribution is -0.122. The Balaban J connectivity index is 1.73. The SMILES string of the molecule is CCC(Oc1ccc(C)c(C)c1)C(=O)Nc1ccccc1Sc1ccccc1. The average Bonchev–Trinajstić information content (AvgIpc) is 2.71. The molecular weight excluding hydrogens is 366 g/mol. The average molecular weight is 392 g/mol. The van der Waals surface area contributed by atoms with E-state index in [2.05, 4.69) is 24.4 Å². The van der Waals surface area contributed by atoms with Gasteiger partial charge in [0.2, 0.25) is 0 Å². The predicted molar refractivity (Wildman–Crippen MR) is 116 cm³/mol. The van der Waals surface area contributed by atoms with Crippen LogP contribution in [0.15, 0.2) is 82.6 Å². The van der Waals surface area contributed by atoms with Gasteiger partial charge in [-0.15, -0.1) is 0 Å². The molecule has 1 unspecified atom stereocenters. The predicted octanol–water partition coefficient (Wildman–Crippen LogP) is 6.25. The Bertz CT molecular complexity index is 940. The van der Waals surface area contributed by atoms with Gasteiger partial charge in [-0.05, 0) is 67.8 Å². The number of para-hydroxylation sites is 1. The molecule has 3 aromatic carbocycles. The molecule has 0 aliphatic carbocycles. The van der Waals surface area contributed by atoms with Gasteiger partial charge in [0.05, 0.1) is 5.69 Å². The standard InChI is InChI=1S/C24H25NO2S/c1-4-22(27-19-15-14-17(2)18(3)16-19)24(26)25-21-12-8-9-13-23(21)28-20-10-6-5-7-11-20/h5-16,22H,4H2,1-3H3,(H,25,26). The lowest BCUT2D eigenvalue weighted by Crippen LogP contribution is -2.32. The fourth-order valence-electron chi connectivity index (χ4n) is 2.76. The van der Waals surface area contributed by atoms with Crippen LogP contribution in [0.25, 0.3) is 0 Å². The highest BCUT2D eigenvalue weighted by molar-refractivity contribution is 7.99. The number of anilines is 1. The van der Waals surface area contributed by atoms with Gasteiger partial charge in [-0.1, -0.05) is 55.1 Å². The number of ether oxygens (including phenoxy) is 1. The molecule has 0 fully saturated rings. The molecule has 0 bridgehead atoms. The highest BCUT2D eigenvalue weighted by Crippen LogP contribution is 2.33. The minimum Gasteiger partial charge on any atom is -0.481 e. The van der Waals surface area contributed by atoms with E-state index in [0.29, 0.717) is 6.42 Å². The van der Waals surface area contributed by atoms with Gasteiger partial charge in [-0.2, -0.15) is 0 Å². The summed E-state index contributed by atoms with van der Waals surface area (Å²) < 4.78 is 5.97. The van der Waals surface area contributed by atoms with Crippen molar-refractivity contribution in [1.29, 1.82) is 0 Å². The summed E-state index contributed by atoms with van der Waals surface area (Å²) in [5.74, 6) is 0.582. The summed E-state index contributed by atoms with van der Waals surface area (Å²) in [6.45, 7) is 6.06. The number of hydrogen-bond donors (Lipinski definition) is 1. The lowest BCUT2D eigenvalue weighted by Gasteiger charge is -2.19. The van der Waals surface area contributed by atoms with Crippen LogP contribution in [0, 0.1) is 13.8 Å². The number of carbonyl (C=O) groups excluding carboxylic acids is 1. The Morgan fingerprint density at radius 3 is 2.39 bits per heavy atom. The molecule has 0 aromatic heterocycles. The fraction of sp³-hybridized carbons (Fsp3) is 0.208. The third-order valence-electron chi connectivity index (χ3n) is 4.54. The van der Waals surface area contributed by atoms with E-state index in [4.69, 9.17) is 4.74 Å². The summed E-state index contributed by atoms with van der Waals surface area (Å²) in [5, 5.41) is 3.04. The smallest absolute Gasteiger partial charge is 0.265 e. The Morgan fingerprint density at radius 2 is 1.68 bits per heavy atom. The van der Waals surface area contributed by atoms with Crippen LogP contribution in [-0.2, 0) is 4.79 Å². The molecule has 0 saturated heterocycles. The number of amides is 1. The van der Waals surface area contributed by atoms with E-state index in [-0.39, 0.29) is 5.91 Å². The number of rotatable bonds is 7. The number of benzene rings is 3. The molecule has 4 heteroatoms. The maximum Gasteiger partial charge on any atom is 0.265 e. The topological polar surface area (TPSA) is 38.3 Å². The molecule has 3 nitrogen and oxygen atoms in total. The summed E-state index contributed by atoms with van der Waals surface area (Å²) in [6, 6.07) is 23.9. The minimum absolute atomic E-state index is 0.137. The van der Waals surface area contributed by atoms with E-state index in [9.17, 15) is 4.79 Å². The van der Waals surface area contributed by atoms with E-state index in [1.54, 1.807) is 11.8 Å². The van der Waals surface area contributed by atoms with E-state index >= 15 is 0 Å². The molecule has 0 aliphatic heterocycles. The second-order valence-electron chi connectivity index (χ2n) is 6.66. The van der Waals surface area contributed by atoms with Crippen LogP contribution in [0.5, 0.6) is 5.75 Å². The third kappa shape index (κ3) is 5.17. The van der Waals surface area contributed by atoms with E-state index in [1.165, 1.54) is 5.56 Å². The van der Waals surface area contributed by atoms with Gasteiger partial charge in [-0.25, -0.2) is 0 Å². The van der Waals surface area contributed by atoms with Crippen LogP contribution < -0.4 is 10.1 Å². The first-order valence-corrected chi connectivity index (χ1v) is 10.2. The first-order valence-electron chi connectivity index (χ1n) is 9.43. The Labute approximate surface area is 171 Å². The monoisotopic (exact) mass is 391 g/mol. The molecule has 0 radical (unpaired) electrons. The van der Waals surface area contributed by atoms with Gasteiger partial charge in [0, 0.05) is 9.79 Å². The fourth-order valence-corrected chi connectivity index (χ4v) is 3.68. The second-order valence-corrected chi connectivity index (χ2v) is 7.78. The molecule has 1 N–H and O–H groups in total. The van der Waals surface area contributed by atoms with Crippen LogP contribution in [-0.4, -0.2) is 12.0 Å². The summed E-state index contributed by atoms with van der Waals surface area (Å²) in [6.07, 6.45) is 0.0455. The van der Waals surface area contributed by atoms with Gasteiger partial charge >= 0.3 is 0 Å². The highest BCUT2D eigenvalue weighted by Gasteiger charge is 2.20. The molecule has 1 amide bonds. The molecule has 3 aromatic rings. The van der Waals surface area contributed by atoms with Crippen molar-refractivity contribution in [1.82, 2.24) is 0 Å². The van der Waals surface area contributed by atoms with Crippen molar-refractivity contribution in [3.05, 3.63) is 83.9 Å². The second kappa shape index (κ2) is 9.47. The van der Waals surface area contributed by atoms with Gasteiger partial charge in [0.1, 0.15) is 5.75 Å². The van der Waals surface area contributed by atoms with E-state index in [0.717, 1.165) is 26.8 Å². The van der Waals surface area contributed by atoms with Crippen LogP contribution >= 0.6 is 11.8 Å². The van der Waals surface area contributed by atoms with Crippen molar-refractivity contribution in [2.75, 3.05) is 5.32 Å². The molecule has 28 heavy (non-hydrogen) atoms. The summed E-state index contributed by atoms with van der Waals surface area (Å²) in [7, 11) is 0. The Hall–Kier alpha value is -2.72. The van der Waals surface area contributed by atoms with E-state index in [1.807, 2.05) is 74.5 Å². The maximum atomic E-state index is 12.9. The zero-order valence-electron chi connectivity index (χ0n) is 16.4. The highest BCUT2D eigenvalue weighted by atomic mass is 32.2. The summed E-state index contributed by atoms with van der Waals surface area (Å²) in [4.78, 5) is 15.0. The largest absolute Gasteiger partial charge is 0.481 e. The molecule has 3 rings (SSSR count). The first kappa shape index (κ1) is 20.0. The first-order chi connectivity index (χ1) is 13.6. The normalized spacial score (nSPS) is 11.7. The molecule has 0 saturated carbocycles. The van der Waals surface area contributed by atoms with Crippen molar-refractivity contribution in [3.8, 4) is 5.75 Å². The molecule has 144 valence electrons. The van der Waals surface area contributed by atoms with Crippen LogP contribution in [0.2, 0.25) is 0 Å². The molecule has 0 spiro atoms. The lowest BCUT2D eigenvalue weighted by atomic mass is 10.1. The van der Waals surface area contributed by atoms with Crippen molar-refractivity contribution in [2.24, 2.45) is 0 Å². The molecular formula is C24H25NO2S. The summed E-state index contributed by atoms with van der Waals surface area (Å²) in [5.41, 5.74) is 3.15.